The molecule has 0 radical (unpaired) electrons. The van der Waals surface area contributed by atoms with Gasteiger partial charge in [0.25, 0.3) is 0 Å². The van der Waals surface area contributed by atoms with Crippen molar-refractivity contribution in [1.82, 2.24) is 15.0 Å². The van der Waals surface area contributed by atoms with Crippen LogP contribution in [0.2, 0.25) is 0 Å². The number of anilines is 2. The van der Waals surface area contributed by atoms with Crippen LogP contribution in [0.4, 0.5) is 29.2 Å². The number of halogens is 4. The van der Waals surface area contributed by atoms with Crippen molar-refractivity contribution in [2.24, 2.45) is 0 Å². The number of hydrogen-bond acceptors (Lipinski definition) is 7. The van der Waals surface area contributed by atoms with Crippen LogP contribution in [0.1, 0.15) is 11.1 Å². The van der Waals surface area contributed by atoms with Crippen LogP contribution in [0.15, 0.2) is 54.9 Å². The van der Waals surface area contributed by atoms with Gasteiger partial charge in [-0.25, -0.2) is 32.8 Å². The van der Waals surface area contributed by atoms with Gasteiger partial charge < -0.3 is 14.6 Å². The fourth-order valence-electron chi connectivity index (χ4n) is 3.20. The molecule has 2 aromatic heterocycles. The highest BCUT2D eigenvalue weighted by Gasteiger charge is 2.25. The lowest BCUT2D eigenvalue weighted by Crippen LogP contribution is -2.18. The van der Waals surface area contributed by atoms with Gasteiger partial charge in [0.1, 0.15) is 5.82 Å². The van der Waals surface area contributed by atoms with Crippen molar-refractivity contribution in [3.63, 3.8) is 0 Å². The van der Waals surface area contributed by atoms with Gasteiger partial charge in [-0.2, -0.15) is 4.39 Å². The Hall–Kier alpha value is -3.90. The molecule has 12 heteroatoms. The molecule has 1 unspecified atom stereocenters. The maximum Gasteiger partial charge on any atom is 0.228 e. The first-order valence-electron chi connectivity index (χ1n) is 10.5. The van der Waals surface area contributed by atoms with Gasteiger partial charge in [0.05, 0.1) is 22.6 Å². The van der Waals surface area contributed by atoms with Gasteiger partial charge >= 0.3 is 0 Å². The van der Waals surface area contributed by atoms with Crippen molar-refractivity contribution >= 4 is 23.0 Å². The number of nitrogens with one attached hydrogen (secondary N) is 2. The highest BCUT2D eigenvalue weighted by molar-refractivity contribution is 7.91. The quantitative estimate of drug-likeness (QED) is 0.181. The van der Waals surface area contributed by atoms with Crippen LogP contribution in [0.25, 0.3) is 11.3 Å². The summed E-state index contributed by atoms with van der Waals surface area (Å²) < 4.78 is 78.2. The molecule has 4 aromatic rings. The van der Waals surface area contributed by atoms with E-state index in [1.165, 1.54) is 24.5 Å². The average Bonchev–Trinajstić information content (AvgIpc) is 2.87. The van der Waals surface area contributed by atoms with E-state index in [1.54, 1.807) is 38.2 Å². The number of aromatic nitrogens is 3. The minimum atomic E-state index is -2.15. The minimum Gasteiger partial charge on any atom is -0.593 e. The first-order valence-corrected chi connectivity index (χ1v) is 11.8. The second-order valence-corrected chi connectivity index (χ2v) is 8.70. The summed E-state index contributed by atoms with van der Waals surface area (Å²) in [6.07, 6.45) is 2.83. The number of ether oxygens (including phenoxy) is 1. The predicted molar refractivity (Wildman–Crippen MR) is 128 cm³/mol. The van der Waals surface area contributed by atoms with E-state index < -0.39 is 51.8 Å². The summed E-state index contributed by atoms with van der Waals surface area (Å²) in [4.78, 5) is 12.3. The van der Waals surface area contributed by atoms with Crippen LogP contribution in [-0.4, -0.2) is 26.6 Å². The third-order valence-corrected chi connectivity index (χ3v) is 5.97. The van der Waals surface area contributed by atoms with Gasteiger partial charge in [0, 0.05) is 31.1 Å². The molecule has 0 aliphatic heterocycles. The van der Waals surface area contributed by atoms with Gasteiger partial charge in [-0.1, -0.05) is 12.1 Å². The largest absolute Gasteiger partial charge is 0.593 e. The van der Waals surface area contributed by atoms with Crippen LogP contribution in [0, 0.1) is 30.2 Å². The number of rotatable bonds is 8. The topological polar surface area (TPSA) is 95.0 Å². The van der Waals surface area contributed by atoms with Gasteiger partial charge in [-0.05, 0) is 36.8 Å². The molecule has 0 fully saturated rings. The zero-order chi connectivity index (χ0) is 25.8. The summed E-state index contributed by atoms with van der Waals surface area (Å²) in [5, 5.41) is 2.78. The number of aryl methyl sites for hydroxylation is 1. The Morgan fingerprint density at radius 2 is 1.78 bits per heavy atom. The Kier molecular flexibility index (Phi) is 7.55. The lowest BCUT2D eigenvalue weighted by atomic mass is 10.2. The molecule has 0 spiro atoms. The van der Waals surface area contributed by atoms with Crippen molar-refractivity contribution in [2.75, 3.05) is 17.1 Å². The minimum absolute atomic E-state index is 0.0708. The fraction of sp³-hybridized carbons (Fsp3) is 0.125. The monoisotopic (exact) mass is 517 g/mol. The molecule has 0 saturated heterocycles. The molecule has 36 heavy (non-hydrogen) atoms. The molecule has 0 aliphatic rings. The molecule has 4 rings (SSSR count). The summed E-state index contributed by atoms with van der Waals surface area (Å²) in [6.45, 7) is 1.68. The molecule has 1 atom stereocenters. The van der Waals surface area contributed by atoms with E-state index in [0.29, 0.717) is 28.8 Å². The molecule has 7 nitrogen and oxygen atoms in total. The highest BCUT2D eigenvalue weighted by atomic mass is 32.2. The standard InChI is InChI=1S/C24H19F4N5O2S/c1-13-5-6-14(16(25)10-13)12-36(34)33-22-17(26)11-19(20(27)21(22)28)35-23-15(4-3-8-30-23)18-7-9-31-24(29-2)32-18/h3-11,33H,12H2,1-2H3,(H,29,31,32). The smallest absolute Gasteiger partial charge is 0.228 e. The SMILES string of the molecule is CNc1nccc(-c2cccnc2Oc2cc(F)c(N[S+]([O-])Cc3ccc(C)cc3F)c(F)c2F)n1. The van der Waals surface area contributed by atoms with Crippen molar-refractivity contribution in [3.05, 3.63) is 89.3 Å². The number of benzene rings is 2. The van der Waals surface area contributed by atoms with Crippen molar-refractivity contribution in [1.29, 1.82) is 0 Å². The Labute approximate surface area is 206 Å². The number of nitrogens with zero attached hydrogens (tertiary/aromatic N) is 3. The molecule has 2 heterocycles. The normalized spacial score (nSPS) is 11.8. The maximum atomic E-state index is 14.8. The molecule has 0 amide bonds. The van der Waals surface area contributed by atoms with Gasteiger partial charge in [0.2, 0.25) is 17.6 Å². The average molecular weight is 518 g/mol. The second kappa shape index (κ2) is 10.8. The molecule has 2 aromatic carbocycles. The maximum absolute atomic E-state index is 14.8. The molecular weight excluding hydrogens is 498 g/mol. The van der Waals surface area contributed by atoms with Crippen molar-refractivity contribution < 1.29 is 26.9 Å². The number of hydrogen-bond donors (Lipinski definition) is 2. The van der Waals surface area contributed by atoms with Crippen LogP contribution < -0.4 is 14.8 Å². The molecule has 0 aliphatic carbocycles. The van der Waals surface area contributed by atoms with Crippen LogP contribution >= 0.6 is 0 Å². The van der Waals surface area contributed by atoms with E-state index in [1.807, 2.05) is 0 Å². The molecule has 0 saturated carbocycles. The predicted octanol–water partition coefficient (Wildman–Crippen LogP) is 5.51. The van der Waals surface area contributed by atoms with E-state index >= 15 is 0 Å². The molecule has 186 valence electrons. The third-order valence-electron chi connectivity index (χ3n) is 4.97. The lowest BCUT2D eigenvalue weighted by molar-refractivity contribution is 0.401. The Bertz CT molecular complexity index is 1410. The zero-order valence-corrected chi connectivity index (χ0v) is 19.8. The van der Waals surface area contributed by atoms with E-state index in [0.717, 1.165) is 0 Å². The fourth-order valence-corrected chi connectivity index (χ4v) is 4.21. The second-order valence-electron chi connectivity index (χ2n) is 7.52. The summed E-state index contributed by atoms with van der Waals surface area (Å²) in [5.74, 6) is -6.09. The van der Waals surface area contributed by atoms with E-state index in [2.05, 4.69) is 25.0 Å². The Morgan fingerprint density at radius 1 is 0.972 bits per heavy atom. The van der Waals surface area contributed by atoms with E-state index in [9.17, 15) is 22.1 Å². The van der Waals surface area contributed by atoms with E-state index in [4.69, 9.17) is 4.74 Å². The summed E-state index contributed by atoms with van der Waals surface area (Å²) in [6, 6.07) is 9.58. The first kappa shape index (κ1) is 25.2. The summed E-state index contributed by atoms with van der Waals surface area (Å²) in [5.41, 5.74) is 0.446. The highest BCUT2D eigenvalue weighted by Crippen LogP contribution is 2.35. The number of pyridine rings is 1. The molecule has 2 N–H and O–H groups in total. The Balaban J connectivity index is 1.59. The summed E-state index contributed by atoms with van der Waals surface area (Å²) in [7, 11) is 1.63. The van der Waals surface area contributed by atoms with Crippen LogP contribution in [-0.2, 0) is 17.1 Å². The van der Waals surface area contributed by atoms with Gasteiger partial charge in [0.15, 0.2) is 28.8 Å². The summed E-state index contributed by atoms with van der Waals surface area (Å²) >= 11 is -2.15. The van der Waals surface area contributed by atoms with Crippen LogP contribution in [0.5, 0.6) is 11.6 Å². The molecule has 0 bridgehead atoms. The van der Waals surface area contributed by atoms with Crippen LogP contribution in [0.3, 0.4) is 0 Å². The third kappa shape index (κ3) is 5.50. The Morgan fingerprint density at radius 3 is 2.53 bits per heavy atom. The van der Waals surface area contributed by atoms with Crippen molar-refractivity contribution in [2.45, 2.75) is 12.7 Å². The van der Waals surface area contributed by atoms with Gasteiger partial charge in [-0.15, -0.1) is 0 Å². The first-order chi connectivity index (χ1) is 17.3. The lowest BCUT2D eigenvalue weighted by Gasteiger charge is -2.16. The zero-order valence-electron chi connectivity index (χ0n) is 19.0. The van der Waals surface area contributed by atoms with Gasteiger partial charge in [-0.3, -0.25) is 0 Å². The van der Waals surface area contributed by atoms with Crippen molar-refractivity contribution in [3.8, 4) is 22.9 Å². The molecular formula is C24H19F4N5O2S. The van der Waals surface area contributed by atoms with E-state index in [-0.39, 0.29) is 11.4 Å².